The highest BCUT2D eigenvalue weighted by molar-refractivity contribution is 5.87. The summed E-state index contributed by atoms with van der Waals surface area (Å²) >= 11 is 0. The molecule has 16 nitrogen and oxygen atoms in total. The molecule has 1 amide bonds. The molecule has 21 atom stereocenters. The maximum atomic E-state index is 15.1. The van der Waals surface area contributed by atoms with Crippen molar-refractivity contribution in [1.29, 1.82) is 0 Å². The Bertz CT molecular complexity index is 2220. The lowest BCUT2D eigenvalue weighted by molar-refractivity contribution is -0.351. The van der Waals surface area contributed by atoms with E-state index < -0.39 is 123 Å². The zero-order chi connectivity index (χ0) is 50.2. The summed E-state index contributed by atoms with van der Waals surface area (Å²) in [6.07, 6.45) is 9.11. The quantitative estimate of drug-likeness (QED) is 0.112. The topological polar surface area (TPSA) is 281 Å². The van der Waals surface area contributed by atoms with Crippen LogP contribution in [0, 0.1) is 73.4 Å². The normalized spacial score (nSPS) is 50.8. The average molecular weight is 979 g/mol. The van der Waals surface area contributed by atoms with Crippen molar-refractivity contribution >= 4 is 11.9 Å². The van der Waals surface area contributed by atoms with Crippen LogP contribution in [-0.2, 0) is 24.5 Å². The van der Waals surface area contributed by atoms with Gasteiger partial charge in [0.05, 0.1) is 54.1 Å². The Hall–Kier alpha value is -2.77. The number of H-pyrrole nitrogens is 1. The van der Waals surface area contributed by atoms with Gasteiger partial charge in [-0.2, -0.15) is 0 Å². The molecule has 7 aliphatic carbocycles. The van der Waals surface area contributed by atoms with Crippen molar-refractivity contribution in [1.82, 2.24) is 15.3 Å². The smallest absolute Gasteiger partial charge is 0.310 e. The fourth-order valence-corrected chi connectivity index (χ4v) is 18.9. The number of aromatic amines is 1. The molecule has 1 aromatic heterocycles. The summed E-state index contributed by atoms with van der Waals surface area (Å²) in [6.45, 7) is 10.3. The van der Waals surface area contributed by atoms with Gasteiger partial charge in [-0.3, -0.25) is 9.59 Å². The Morgan fingerprint density at radius 2 is 1.69 bits per heavy atom. The monoisotopic (exact) mass is 979 g/mol. The van der Waals surface area contributed by atoms with Gasteiger partial charge in [0, 0.05) is 35.9 Å². The largest absolute Gasteiger partial charge is 0.481 e. The van der Waals surface area contributed by atoms with Crippen molar-refractivity contribution in [3.8, 4) is 0 Å². The van der Waals surface area contributed by atoms with Crippen molar-refractivity contribution in [2.45, 2.75) is 179 Å². The second-order valence-corrected chi connectivity index (χ2v) is 25.4. The number of nitrogens with two attached hydrogens (primary N) is 1. The number of carbonyl (C=O) groups is 2. The van der Waals surface area contributed by atoms with E-state index in [1.807, 2.05) is 13.1 Å². The number of carbonyl (C=O) groups excluding carboxylic acids is 1. The van der Waals surface area contributed by atoms with E-state index in [-0.39, 0.29) is 36.9 Å². The predicted octanol–water partition coefficient (Wildman–Crippen LogP) is 3.46. The van der Waals surface area contributed by atoms with E-state index in [9.17, 15) is 45.6 Å². The number of allylic oxidation sites excluding steroid dienone is 3. The summed E-state index contributed by atoms with van der Waals surface area (Å²) in [5.41, 5.74) is 2.28. The number of nitrogens with zero attached hydrogens (tertiary/aromatic N) is 1. The second-order valence-electron chi connectivity index (χ2n) is 25.4. The molecule has 16 heteroatoms. The molecule has 7 fully saturated rings. The summed E-state index contributed by atoms with van der Waals surface area (Å²) in [4.78, 5) is 36.5. The summed E-state index contributed by atoms with van der Waals surface area (Å²) in [6, 6.07) is -0.412. The highest BCUT2D eigenvalue weighted by Crippen LogP contribution is 2.78. The number of aliphatic hydroxyl groups excluding tert-OH is 7. The zero-order valence-corrected chi connectivity index (χ0v) is 41.9. The first-order chi connectivity index (χ1) is 33.1. The van der Waals surface area contributed by atoms with Crippen LogP contribution in [-0.4, -0.2) is 138 Å². The first kappa shape index (κ1) is 50.7. The Kier molecular flexibility index (Phi) is 12.6. The van der Waals surface area contributed by atoms with Crippen LogP contribution >= 0.6 is 0 Å². The van der Waals surface area contributed by atoms with Gasteiger partial charge in [-0.1, -0.05) is 71.3 Å². The first-order valence-corrected chi connectivity index (χ1v) is 26.7. The van der Waals surface area contributed by atoms with Crippen molar-refractivity contribution in [3.63, 3.8) is 0 Å². The van der Waals surface area contributed by atoms with Crippen LogP contribution in [0.25, 0.3) is 0 Å². The van der Waals surface area contributed by atoms with Gasteiger partial charge >= 0.3 is 5.97 Å². The van der Waals surface area contributed by atoms with Crippen LogP contribution in [0.2, 0.25) is 0 Å². The molecule has 5 saturated carbocycles. The van der Waals surface area contributed by atoms with E-state index in [4.69, 9.17) is 15.2 Å². The van der Waals surface area contributed by atoms with Crippen LogP contribution in [0.4, 0.5) is 0 Å². The van der Waals surface area contributed by atoms with Crippen LogP contribution < -0.4 is 11.1 Å². The number of hydrogen-bond donors (Lipinski definition) is 11. The number of rotatable bonds is 11. The van der Waals surface area contributed by atoms with Gasteiger partial charge < -0.3 is 66.4 Å². The molecule has 0 radical (unpaired) electrons. The predicted molar refractivity (Wildman–Crippen MR) is 256 cm³/mol. The number of aromatic nitrogens is 2. The van der Waals surface area contributed by atoms with Crippen LogP contribution in [0.1, 0.15) is 130 Å². The third-order valence-corrected chi connectivity index (χ3v) is 22.9. The fourth-order valence-electron chi connectivity index (χ4n) is 18.9. The highest BCUT2D eigenvalue weighted by atomic mass is 16.7. The third kappa shape index (κ3) is 6.65. The van der Waals surface area contributed by atoms with E-state index in [2.05, 4.69) is 61.2 Å². The SMILES string of the molecule is CC1(CO)CCC2(C(=O)O)CCC3(C)C(=CCC4C5(C)C(C6C=CC(CCCN)(c7cnc[nH]7)C7NC(=O)C8(CCCC8)C67)C(O)C(OC6OCC(O)C(O)C6O)C(C)(C(O)CO)C5CCC43C)C2C1. The molecule has 0 bridgehead atoms. The van der Waals surface area contributed by atoms with Gasteiger partial charge in [-0.15, -0.1) is 0 Å². The Balaban J connectivity index is 1.19. The molecule has 2 saturated heterocycles. The lowest BCUT2D eigenvalue weighted by Crippen LogP contribution is -2.75. The van der Waals surface area contributed by atoms with Crippen LogP contribution in [0.15, 0.2) is 36.3 Å². The van der Waals surface area contributed by atoms with Crippen LogP contribution in [0.3, 0.4) is 0 Å². The van der Waals surface area contributed by atoms with E-state index >= 15 is 4.79 Å². The molecule has 10 rings (SSSR count). The molecule has 21 unspecified atom stereocenters. The molecule has 9 aliphatic rings. The van der Waals surface area contributed by atoms with Gasteiger partial charge in [0.1, 0.15) is 18.3 Å². The van der Waals surface area contributed by atoms with E-state index in [0.29, 0.717) is 83.6 Å². The summed E-state index contributed by atoms with van der Waals surface area (Å²) < 4.78 is 12.7. The molecule has 390 valence electrons. The Labute approximate surface area is 412 Å². The molecule has 1 spiro atoms. The second kappa shape index (κ2) is 17.4. The number of aliphatic hydroxyl groups is 7. The summed E-state index contributed by atoms with van der Waals surface area (Å²) in [7, 11) is 0. The molecular weight excluding hydrogens is 897 g/mol. The molecule has 70 heavy (non-hydrogen) atoms. The number of amides is 1. The molecule has 0 aromatic carbocycles. The molecular formula is C54H82N4O12. The van der Waals surface area contributed by atoms with Crippen LogP contribution in [0.5, 0.6) is 0 Å². The third-order valence-electron chi connectivity index (χ3n) is 22.9. The molecule has 1 aromatic rings. The minimum Gasteiger partial charge on any atom is -0.481 e. The maximum absolute atomic E-state index is 15.1. The minimum atomic E-state index is -1.69. The van der Waals surface area contributed by atoms with Crippen molar-refractivity contribution in [3.05, 3.63) is 42.0 Å². The Morgan fingerprint density at radius 3 is 2.34 bits per heavy atom. The molecule has 12 N–H and O–H groups in total. The number of aliphatic carboxylic acids is 1. The van der Waals surface area contributed by atoms with Gasteiger partial charge in [-0.25, -0.2) is 4.98 Å². The first-order valence-electron chi connectivity index (χ1n) is 26.7. The maximum Gasteiger partial charge on any atom is 0.310 e. The number of imidazole rings is 1. The fraction of sp³-hybridized carbons (Fsp3) is 0.833. The van der Waals surface area contributed by atoms with Gasteiger partial charge in [0.15, 0.2) is 6.29 Å². The minimum absolute atomic E-state index is 0.00895. The number of ether oxygens (including phenoxy) is 2. The summed E-state index contributed by atoms with van der Waals surface area (Å²) in [5, 5.41) is 95.8. The van der Waals surface area contributed by atoms with E-state index in [1.165, 1.54) is 0 Å². The molecule has 3 heterocycles. The van der Waals surface area contributed by atoms with E-state index in [0.717, 1.165) is 24.1 Å². The number of carboxylic acids is 1. The van der Waals surface area contributed by atoms with Gasteiger partial charge in [0.2, 0.25) is 5.91 Å². The van der Waals surface area contributed by atoms with Crippen molar-refractivity contribution in [2.75, 3.05) is 26.4 Å². The van der Waals surface area contributed by atoms with Crippen molar-refractivity contribution < 1.29 is 59.9 Å². The number of carboxylic acid groups (broad SMARTS) is 1. The Morgan fingerprint density at radius 1 is 0.957 bits per heavy atom. The average Bonchev–Trinajstić information content (AvgIpc) is 4.13. The zero-order valence-electron chi connectivity index (χ0n) is 41.9. The summed E-state index contributed by atoms with van der Waals surface area (Å²) in [5.74, 6) is -3.06. The lowest BCUT2D eigenvalue weighted by Gasteiger charge is -2.74. The van der Waals surface area contributed by atoms with Gasteiger partial charge in [0.25, 0.3) is 0 Å². The highest BCUT2D eigenvalue weighted by Gasteiger charge is 2.77. The van der Waals surface area contributed by atoms with E-state index in [1.54, 1.807) is 6.33 Å². The number of fused-ring (bicyclic) bond motifs is 9. The number of hydrogen-bond acceptors (Lipinski definition) is 13. The van der Waals surface area contributed by atoms with Crippen molar-refractivity contribution in [2.24, 2.45) is 79.1 Å². The lowest BCUT2D eigenvalue weighted by atomic mass is 9.30. The standard InChI is InChI=1S/C54H82N4O12/c1-47(27-60)18-20-52(46(67)68)21-19-48(2)30(31(52)23-47)9-10-33-49(48,3)16-12-34-50(33,4)37(40(64)43(51(34,5)36(62)25-59)70-44-41(65)39(63)32(61)26-69-44)29-11-17-53(15-8-22-55,35-24-56-28-57-35)42-38(29)54(45(66)58-42)13-6-7-14-54/h9,11,17,24,28-29,31-34,36-44,59-65H,6-8,10,12-16,18-23,25-27,55H2,1-5H3,(H,56,57)(H,58,66)(H,67,68). The van der Waals surface area contributed by atoms with Gasteiger partial charge in [-0.05, 0) is 135 Å². The number of nitrogens with one attached hydrogen (secondary N) is 2. The molecule has 2 aliphatic heterocycles.